The van der Waals surface area contributed by atoms with Gasteiger partial charge in [0.2, 0.25) is 5.88 Å². The molecule has 0 bridgehead atoms. The quantitative estimate of drug-likeness (QED) is 0.0518. The number of amides is 4. The first-order valence-electron chi connectivity index (χ1n) is 48.1. The Morgan fingerprint density at radius 2 is 0.803 bits per heavy atom. The third kappa shape index (κ3) is 25.6. The summed E-state index contributed by atoms with van der Waals surface area (Å²) in [6.07, 6.45) is 18.7. The van der Waals surface area contributed by atoms with Crippen LogP contribution in [0.4, 0.5) is 4.39 Å². The van der Waals surface area contributed by atoms with E-state index in [0.29, 0.717) is 137 Å². The Labute approximate surface area is 781 Å². The van der Waals surface area contributed by atoms with Crippen LogP contribution >= 0.6 is 0 Å². The molecule has 10 heterocycles. The Hall–Kier alpha value is -9.89. The normalized spacial score (nSPS) is 22.4. The summed E-state index contributed by atoms with van der Waals surface area (Å²) in [5.74, 6) is 3.51. The molecule has 0 saturated carbocycles. The second-order valence-corrected chi connectivity index (χ2v) is 37.1. The van der Waals surface area contributed by atoms with E-state index in [1.165, 1.54) is 16.7 Å². The number of carbonyl (C=O) groups excluding carboxylic acids is 4. The molecule has 8 aromatic rings. The maximum Gasteiger partial charge on any atom is 0.257 e. The third-order valence-electron chi connectivity index (χ3n) is 27.1. The van der Waals surface area contributed by atoms with Crippen molar-refractivity contribution in [3.63, 3.8) is 0 Å². The number of para-hydroxylation sites is 1. The molecule has 2 aromatic heterocycles. The van der Waals surface area contributed by atoms with Gasteiger partial charge in [-0.3, -0.25) is 24.2 Å². The van der Waals surface area contributed by atoms with E-state index in [-0.39, 0.29) is 114 Å². The van der Waals surface area contributed by atoms with Crippen LogP contribution in [-0.2, 0) is 37.9 Å². The van der Waals surface area contributed by atoms with Gasteiger partial charge in [-0.05, 0) is 216 Å². The number of likely N-dealkylation sites (tertiary alicyclic amines) is 4. The zero-order valence-corrected chi connectivity index (χ0v) is 80.2. The highest BCUT2D eigenvalue weighted by Gasteiger charge is 2.50. The molecule has 4 spiro atoms. The molecular weight excluding hydrogens is 1670 g/mol. The van der Waals surface area contributed by atoms with E-state index in [9.17, 15) is 23.6 Å². The molecule has 4 amide bonds. The van der Waals surface area contributed by atoms with E-state index in [1.54, 1.807) is 38.7 Å². The monoisotopic (exact) mass is 1810 g/mol. The van der Waals surface area contributed by atoms with E-state index < -0.39 is 6.67 Å². The van der Waals surface area contributed by atoms with Crippen molar-refractivity contribution in [3.05, 3.63) is 243 Å². The summed E-state index contributed by atoms with van der Waals surface area (Å²) in [6.45, 7) is 31.3. The van der Waals surface area contributed by atoms with Crippen LogP contribution in [0.25, 0.3) is 0 Å². The molecule has 6 aromatic carbocycles. The molecule has 0 radical (unpaired) electrons. The Morgan fingerprint density at radius 1 is 0.409 bits per heavy atom. The van der Waals surface area contributed by atoms with Crippen molar-refractivity contribution in [2.24, 2.45) is 0 Å². The van der Waals surface area contributed by atoms with Gasteiger partial charge in [0.05, 0.1) is 122 Å². The van der Waals surface area contributed by atoms with Gasteiger partial charge in [-0.2, -0.15) is 0 Å². The molecule has 24 heteroatoms. The summed E-state index contributed by atoms with van der Waals surface area (Å²) in [5, 5.41) is 0. The summed E-state index contributed by atoms with van der Waals surface area (Å²) < 4.78 is 92.0. The van der Waals surface area contributed by atoms with Crippen LogP contribution in [0.3, 0.4) is 0 Å². The highest BCUT2D eigenvalue weighted by atomic mass is 19.1. The first kappa shape index (κ1) is 99.6. The number of aryl methyl sites for hydroxylation is 3. The van der Waals surface area contributed by atoms with Crippen molar-refractivity contribution in [2.75, 3.05) is 106 Å². The van der Waals surface area contributed by atoms with E-state index in [4.69, 9.17) is 61.6 Å². The molecule has 712 valence electrons. The average molecular weight is 1810 g/mol. The fraction of sp³-hybridized carbons (Fsp3) is 0.537. The predicted molar refractivity (Wildman–Crippen MR) is 508 cm³/mol. The average Bonchev–Trinajstić information content (AvgIpc) is 0.789. The second-order valence-electron chi connectivity index (χ2n) is 37.1. The molecule has 0 N–H and O–H groups in total. The first-order chi connectivity index (χ1) is 63.8. The summed E-state index contributed by atoms with van der Waals surface area (Å²) in [4.78, 5) is 69.4. The van der Waals surface area contributed by atoms with Crippen LogP contribution in [0.5, 0.6) is 28.9 Å². The predicted octanol–water partition coefficient (Wildman–Crippen LogP) is 20.4. The van der Waals surface area contributed by atoms with Gasteiger partial charge in [0.25, 0.3) is 23.6 Å². The van der Waals surface area contributed by atoms with Crippen LogP contribution in [-0.4, -0.2) is 219 Å². The maximum absolute atomic E-state index is 13.4. The fourth-order valence-corrected chi connectivity index (χ4v) is 20.4. The minimum atomic E-state index is -0.495. The molecule has 0 aliphatic carbocycles. The number of hydrogen-bond acceptors (Lipinski definition) is 19. The van der Waals surface area contributed by atoms with Crippen molar-refractivity contribution in [1.82, 2.24) is 29.6 Å². The number of benzene rings is 6. The highest BCUT2D eigenvalue weighted by molar-refractivity contribution is 5.98. The number of piperidine rings is 4. The molecular formula is C108H141FN6O17. The van der Waals surface area contributed by atoms with Gasteiger partial charge >= 0.3 is 0 Å². The van der Waals surface area contributed by atoms with Crippen molar-refractivity contribution in [1.29, 1.82) is 0 Å². The number of aromatic nitrogens is 2. The lowest BCUT2D eigenvalue weighted by Gasteiger charge is -2.49. The lowest BCUT2D eigenvalue weighted by atomic mass is 9.80. The molecule has 8 atom stereocenters. The fourth-order valence-electron chi connectivity index (χ4n) is 20.4. The second kappa shape index (κ2) is 46.9. The van der Waals surface area contributed by atoms with E-state index in [0.717, 1.165) is 123 Å². The summed E-state index contributed by atoms with van der Waals surface area (Å²) in [7, 11) is 3.22. The van der Waals surface area contributed by atoms with Crippen molar-refractivity contribution in [2.45, 2.75) is 269 Å². The van der Waals surface area contributed by atoms with Gasteiger partial charge in [0, 0.05) is 164 Å². The summed E-state index contributed by atoms with van der Waals surface area (Å²) in [6, 6.07) is 52.1. The first-order valence-corrected chi connectivity index (χ1v) is 48.1. The topological polar surface area (TPSA) is 227 Å². The number of hydrogen-bond donors (Lipinski definition) is 0. The van der Waals surface area contributed by atoms with Gasteiger partial charge in [-0.15, -0.1) is 0 Å². The molecule has 8 aliphatic rings. The number of ether oxygens (including phenoxy) is 13. The largest absolute Gasteiger partial charge is 0.496 e. The molecule has 8 unspecified atom stereocenters. The van der Waals surface area contributed by atoms with Gasteiger partial charge < -0.3 is 81.2 Å². The van der Waals surface area contributed by atoms with E-state index >= 15 is 0 Å². The van der Waals surface area contributed by atoms with Gasteiger partial charge in [0.15, 0.2) is 0 Å². The van der Waals surface area contributed by atoms with Crippen LogP contribution in [0.15, 0.2) is 176 Å². The van der Waals surface area contributed by atoms with Gasteiger partial charge in [-0.1, -0.05) is 109 Å². The third-order valence-corrected chi connectivity index (χ3v) is 27.1. The van der Waals surface area contributed by atoms with E-state index in [1.807, 2.05) is 168 Å². The Balaban J connectivity index is 0.000000150. The number of pyridine rings is 2. The Bertz CT molecular complexity index is 4970. The number of carbonyl (C=O) groups is 4. The van der Waals surface area contributed by atoms with Crippen LogP contribution in [0, 0.1) is 27.7 Å². The minimum absolute atomic E-state index is 0.00164. The highest BCUT2D eigenvalue weighted by Crippen LogP contribution is 2.50. The smallest absolute Gasteiger partial charge is 0.257 e. The molecule has 8 fully saturated rings. The number of halogens is 1. The molecule has 8 saturated heterocycles. The maximum atomic E-state index is 13.4. The van der Waals surface area contributed by atoms with Crippen LogP contribution in [0.2, 0.25) is 0 Å². The van der Waals surface area contributed by atoms with E-state index in [2.05, 4.69) is 96.6 Å². The number of rotatable bonds is 25. The van der Waals surface area contributed by atoms with Crippen molar-refractivity contribution in [3.8, 4) is 28.9 Å². The zero-order valence-electron chi connectivity index (χ0n) is 80.2. The summed E-state index contributed by atoms with van der Waals surface area (Å²) in [5.41, 5.74) is 9.69. The van der Waals surface area contributed by atoms with Crippen molar-refractivity contribution >= 4 is 23.6 Å². The minimum Gasteiger partial charge on any atom is -0.496 e. The SMILES string of the molecule is CCOC1CC(c2ccccc2)OC2(CCN(C(=O)c3cc(OC)c(C)c(OC)c3)CC2)C1.CCOC1CC(c2ccccc2)OC2(CCN(C(=O)c3cnc(OC(C)C)c(C)c3)CC2)C1.CCOc1c(C)cccc1C(=O)N1CCC2(CC1)CC(OCC)CC(c1ccccc1)O2.Cc1cc(C(=O)N2CCC3(CC2)CC(OCCF)CC(c2cccnc2)O3)ccc1OC(C)C. The standard InChI is InChI=1S/C27H35FN2O4.C27H36N2O4.C27H35NO5.C27H35NO4/c1-19(2)33-24-7-6-21(15-20(24)3)26(31)30-12-8-27(9-13-30)17-23(32-14-10-28)16-25(34-27)22-5-4-11-29-18-22;1-5-31-23-16-24(21-9-7-6-8-10-21)33-27(17-23)11-13-29(14-12-27)26(30)22-15-20(4)25(28-18-22)32-19(2)3;1-5-32-22-17-25(20-9-7-6-8-10-20)33-27(18-22)11-13-28(14-12-27)26(29)21-15-23(30-3)19(2)24(16-21)31-4;1-4-30-22-18-24(21-11-7-6-8-12-21)32-27(19-22)14-16-28(17-15-27)26(29)23-13-9-10-20(3)25(23)31-5-2/h4-7,11,15,18-19,23,25H,8-10,12-14,16-17H2,1-3H3;6-10,15,18-19,23-24H,5,11-14,16-17H2,1-4H3;6-10,15-16,22,25H,5,11-14,17-18H2,1-4H3;6-13,22,24H,4-5,14-19H2,1-3H3. The lowest BCUT2D eigenvalue weighted by molar-refractivity contribution is -0.192. The van der Waals surface area contributed by atoms with Gasteiger partial charge in [-0.25, -0.2) is 9.37 Å². The Kier molecular flexibility index (Phi) is 35.3. The number of methoxy groups -OCH3 is 2. The number of nitrogens with zero attached hydrogens (tertiary/aromatic N) is 6. The summed E-state index contributed by atoms with van der Waals surface area (Å²) >= 11 is 0. The Morgan fingerprint density at radius 3 is 1.18 bits per heavy atom. The lowest BCUT2D eigenvalue weighted by Crippen LogP contribution is -2.52. The molecule has 16 rings (SSSR count). The van der Waals surface area contributed by atoms with Crippen molar-refractivity contribution < 1.29 is 85.1 Å². The number of alkyl halides is 1. The van der Waals surface area contributed by atoms with Crippen LogP contribution < -0.4 is 23.7 Å². The molecule has 23 nitrogen and oxygen atoms in total. The zero-order chi connectivity index (χ0) is 93.5. The van der Waals surface area contributed by atoms with Gasteiger partial charge in [0.1, 0.15) is 29.7 Å². The molecule has 132 heavy (non-hydrogen) atoms. The molecule has 8 aliphatic heterocycles. The van der Waals surface area contributed by atoms with Crippen LogP contribution in [0.1, 0.15) is 268 Å².